The third-order valence-electron chi connectivity index (χ3n) is 4.97. The lowest BCUT2D eigenvalue weighted by atomic mass is 10.1. The van der Waals surface area contributed by atoms with E-state index in [2.05, 4.69) is 10.3 Å². The highest BCUT2D eigenvalue weighted by atomic mass is 35.5. The molecule has 0 radical (unpaired) electrons. The Morgan fingerprint density at radius 3 is 2.52 bits per heavy atom. The van der Waals surface area contributed by atoms with Crippen molar-refractivity contribution in [1.29, 1.82) is 0 Å². The van der Waals surface area contributed by atoms with Gasteiger partial charge in [-0.3, -0.25) is 14.2 Å². The van der Waals surface area contributed by atoms with E-state index in [1.807, 2.05) is 12.1 Å². The number of carboxylic acids is 1. The molecular formula is C22H13Cl4N3O4. The van der Waals surface area contributed by atoms with Crippen molar-refractivity contribution in [2.75, 3.05) is 5.32 Å². The van der Waals surface area contributed by atoms with Crippen molar-refractivity contribution in [3.05, 3.63) is 78.2 Å². The summed E-state index contributed by atoms with van der Waals surface area (Å²) in [5.74, 6) is -1.92. The number of halogens is 4. The molecule has 1 amide bonds. The summed E-state index contributed by atoms with van der Waals surface area (Å²) in [6.45, 7) is 0.483. The number of carboxylic acid groups (broad SMARTS) is 1. The van der Waals surface area contributed by atoms with Crippen LogP contribution in [0, 0.1) is 0 Å². The van der Waals surface area contributed by atoms with Gasteiger partial charge in [0.05, 0.1) is 20.9 Å². The number of aliphatic carboxylic acids is 1. The Hall–Kier alpha value is -2.84. The molecule has 2 N–H and O–H groups in total. The summed E-state index contributed by atoms with van der Waals surface area (Å²) >= 11 is 23.3. The summed E-state index contributed by atoms with van der Waals surface area (Å²) in [5.41, 5.74) is 2.08. The third-order valence-corrected chi connectivity index (χ3v) is 6.52. The molecule has 0 bridgehead atoms. The van der Waals surface area contributed by atoms with Crippen LogP contribution in [0.4, 0.5) is 5.69 Å². The molecule has 1 aliphatic rings. The molecule has 11 heteroatoms. The molecule has 0 saturated carbocycles. The Morgan fingerprint density at radius 2 is 1.82 bits per heavy atom. The van der Waals surface area contributed by atoms with Gasteiger partial charge in [0.2, 0.25) is 0 Å². The van der Waals surface area contributed by atoms with E-state index in [-0.39, 0.29) is 11.2 Å². The Kier molecular flexibility index (Phi) is 6.50. The maximum Gasteiger partial charge on any atom is 0.349 e. The van der Waals surface area contributed by atoms with Gasteiger partial charge in [0.15, 0.2) is 0 Å². The molecule has 3 aromatic rings. The maximum absolute atomic E-state index is 13.0. The number of fused-ring (bicyclic) bond motifs is 2. The Labute approximate surface area is 206 Å². The normalized spacial score (nSPS) is 14.8. The highest BCUT2D eigenvalue weighted by Crippen LogP contribution is 2.30. The van der Waals surface area contributed by atoms with E-state index < -0.39 is 21.9 Å². The fraction of sp³-hybridized carbons (Fsp3) is 0.0909. The molecule has 7 nitrogen and oxygen atoms in total. The molecule has 0 aliphatic carbocycles. The summed E-state index contributed by atoms with van der Waals surface area (Å²) in [4.78, 5) is 40.7. The van der Waals surface area contributed by atoms with Crippen LogP contribution < -0.4 is 10.9 Å². The molecule has 1 aliphatic heterocycles. The minimum absolute atomic E-state index is 0.211. The van der Waals surface area contributed by atoms with E-state index in [1.165, 1.54) is 18.2 Å². The van der Waals surface area contributed by atoms with Crippen molar-refractivity contribution >= 4 is 86.5 Å². The van der Waals surface area contributed by atoms with Crippen molar-refractivity contribution in [2.45, 2.75) is 13.0 Å². The number of hydrogen-bond acceptors (Lipinski definition) is 4. The van der Waals surface area contributed by atoms with E-state index in [4.69, 9.17) is 51.5 Å². The molecule has 0 saturated heterocycles. The molecule has 1 aromatic heterocycles. The second-order valence-electron chi connectivity index (χ2n) is 7.10. The monoisotopic (exact) mass is 523 g/mol. The minimum Gasteiger partial charge on any atom is -0.477 e. The van der Waals surface area contributed by atoms with Gasteiger partial charge in [-0.05, 0) is 54.0 Å². The van der Waals surface area contributed by atoms with Gasteiger partial charge in [-0.25, -0.2) is 9.78 Å². The standard InChI is InChI=1S/C22H13Cl4N3O4/c23-14-4-1-10(8-15(14)24)7-11-5-6-29-19(11)28-16-9-12(2-3-13(16)21(29)31)27-20(30)17(25)18(26)22(32)33/h1-4,7-9H,5-6H2,(H,27,30)(H,32,33)/b11-7+,18-17-. The second kappa shape index (κ2) is 9.19. The summed E-state index contributed by atoms with van der Waals surface area (Å²) in [5, 5.41) is 11.1. The first kappa shape index (κ1) is 23.3. The number of allylic oxidation sites excluding steroid dienone is 1. The van der Waals surface area contributed by atoms with Crippen LogP contribution in [0.25, 0.3) is 22.6 Å². The molecule has 33 heavy (non-hydrogen) atoms. The topological polar surface area (TPSA) is 101 Å². The van der Waals surface area contributed by atoms with Crippen LogP contribution in [-0.2, 0) is 16.1 Å². The van der Waals surface area contributed by atoms with E-state index >= 15 is 0 Å². The zero-order valence-electron chi connectivity index (χ0n) is 16.5. The van der Waals surface area contributed by atoms with E-state index in [0.717, 1.165) is 11.1 Å². The van der Waals surface area contributed by atoms with Crippen molar-refractivity contribution in [3.63, 3.8) is 0 Å². The highest BCUT2D eigenvalue weighted by molar-refractivity contribution is 6.54. The van der Waals surface area contributed by atoms with Gasteiger partial charge in [-0.2, -0.15) is 0 Å². The zero-order valence-corrected chi connectivity index (χ0v) is 19.6. The molecule has 0 unspecified atom stereocenters. The van der Waals surface area contributed by atoms with Crippen LogP contribution >= 0.6 is 46.4 Å². The highest BCUT2D eigenvalue weighted by Gasteiger charge is 2.22. The second-order valence-corrected chi connectivity index (χ2v) is 8.67. The smallest absolute Gasteiger partial charge is 0.349 e. The average molecular weight is 525 g/mol. The largest absolute Gasteiger partial charge is 0.477 e. The number of amides is 1. The fourth-order valence-electron chi connectivity index (χ4n) is 3.42. The number of carbonyl (C=O) groups excluding carboxylic acids is 1. The maximum atomic E-state index is 13.0. The van der Waals surface area contributed by atoms with Crippen LogP contribution in [0.1, 0.15) is 17.8 Å². The molecule has 0 spiro atoms. The number of aromatic nitrogens is 2. The Morgan fingerprint density at radius 1 is 1.06 bits per heavy atom. The minimum atomic E-state index is -1.53. The fourth-order valence-corrected chi connectivity index (χ4v) is 3.94. The first-order valence-electron chi connectivity index (χ1n) is 9.46. The Balaban J connectivity index is 1.73. The predicted octanol–water partition coefficient (Wildman–Crippen LogP) is 5.36. The summed E-state index contributed by atoms with van der Waals surface area (Å²) < 4.78 is 1.59. The van der Waals surface area contributed by atoms with E-state index in [0.29, 0.717) is 39.7 Å². The number of hydrogen-bond donors (Lipinski definition) is 2. The quantitative estimate of drug-likeness (QED) is 0.447. The van der Waals surface area contributed by atoms with Gasteiger partial charge < -0.3 is 10.4 Å². The van der Waals surface area contributed by atoms with Crippen LogP contribution in [0.2, 0.25) is 10.0 Å². The number of nitrogens with one attached hydrogen (secondary N) is 1. The van der Waals surface area contributed by atoms with Gasteiger partial charge in [-0.1, -0.05) is 52.5 Å². The molecule has 2 aromatic carbocycles. The first-order valence-corrected chi connectivity index (χ1v) is 11.0. The zero-order chi connectivity index (χ0) is 23.9. The third kappa shape index (κ3) is 4.63. The number of nitrogens with zero attached hydrogens (tertiary/aromatic N) is 2. The average Bonchev–Trinajstić information content (AvgIpc) is 3.17. The lowest BCUT2D eigenvalue weighted by Gasteiger charge is -2.09. The van der Waals surface area contributed by atoms with Gasteiger partial charge in [0.25, 0.3) is 11.5 Å². The van der Waals surface area contributed by atoms with Gasteiger partial charge in [-0.15, -0.1) is 0 Å². The number of anilines is 1. The van der Waals surface area contributed by atoms with Crippen LogP contribution in [0.5, 0.6) is 0 Å². The van der Waals surface area contributed by atoms with E-state index in [9.17, 15) is 14.4 Å². The lowest BCUT2D eigenvalue weighted by Crippen LogP contribution is -2.21. The molecular weight excluding hydrogens is 512 g/mol. The van der Waals surface area contributed by atoms with Crippen LogP contribution in [0.3, 0.4) is 0 Å². The molecule has 168 valence electrons. The van der Waals surface area contributed by atoms with Crippen molar-refractivity contribution in [1.82, 2.24) is 9.55 Å². The molecule has 4 rings (SSSR count). The SMILES string of the molecule is O=C(O)/C(Cl)=C(/Cl)C(=O)Nc1ccc2c(=O)n3c(nc2c1)/C(=C/c1ccc(Cl)c(Cl)c1)CC3. The van der Waals surface area contributed by atoms with Crippen LogP contribution in [-0.4, -0.2) is 26.5 Å². The number of rotatable bonds is 4. The van der Waals surface area contributed by atoms with Gasteiger partial charge in [0.1, 0.15) is 15.9 Å². The summed E-state index contributed by atoms with van der Waals surface area (Å²) in [7, 11) is 0. The van der Waals surface area contributed by atoms with Crippen molar-refractivity contribution in [3.8, 4) is 0 Å². The molecule has 2 heterocycles. The van der Waals surface area contributed by atoms with E-state index in [1.54, 1.807) is 16.7 Å². The number of benzene rings is 2. The van der Waals surface area contributed by atoms with Gasteiger partial charge >= 0.3 is 5.97 Å². The Bertz CT molecular complexity index is 1460. The van der Waals surface area contributed by atoms with Gasteiger partial charge in [0, 0.05) is 12.2 Å². The first-order chi connectivity index (χ1) is 15.7. The summed E-state index contributed by atoms with van der Waals surface area (Å²) in [6, 6.07) is 9.77. The van der Waals surface area contributed by atoms with Crippen molar-refractivity contribution in [2.24, 2.45) is 0 Å². The van der Waals surface area contributed by atoms with Crippen molar-refractivity contribution < 1.29 is 14.7 Å². The summed E-state index contributed by atoms with van der Waals surface area (Å²) in [6.07, 6.45) is 2.50. The lowest BCUT2D eigenvalue weighted by molar-refractivity contribution is -0.132. The molecule has 0 fully saturated rings. The van der Waals surface area contributed by atoms with Crippen LogP contribution in [0.15, 0.2) is 51.3 Å². The number of carbonyl (C=O) groups is 2. The molecule has 0 atom stereocenters. The predicted molar refractivity (Wildman–Crippen MR) is 130 cm³/mol.